The predicted octanol–water partition coefficient (Wildman–Crippen LogP) is 5.56. The number of aromatic nitrogens is 1. The smallest absolute Gasteiger partial charge is 0.246 e. The Hall–Kier alpha value is -4.32. The molecule has 1 aliphatic heterocycles. The van der Waals surface area contributed by atoms with E-state index in [0.717, 1.165) is 60.1 Å². The number of carbonyl (C=O) groups is 2. The number of amides is 2. The van der Waals surface area contributed by atoms with Gasteiger partial charge in [0, 0.05) is 55.4 Å². The highest BCUT2D eigenvalue weighted by molar-refractivity contribution is 5.97. The standard InChI is InChI=1S/C33H35N3O3/c1-34(21-18-26-10-4-2-5-11-26)33(38)24-36-23-28(14-17-32(37)35-19-8-9-20-35)30-22-29(15-16-31(30)36)39-25-27-12-6-3-7-13-27/h2-7,10-17,22-23H,8-9,18-21,24-25H2,1H3/b17-14+. The normalized spacial score (nSPS) is 13.3. The SMILES string of the molecule is CN(CCc1ccccc1)C(=O)Cn1cc(/C=C/C(=O)N2CCCC2)c2cc(OCc3ccccc3)ccc21. The van der Waals surface area contributed by atoms with Crippen LogP contribution in [0.15, 0.2) is 91.1 Å². The molecule has 0 N–H and O–H groups in total. The third-order valence-corrected chi connectivity index (χ3v) is 7.26. The van der Waals surface area contributed by atoms with E-state index in [0.29, 0.717) is 13.2 Å². The third-order valence-electron chi connectivity index (χ3n) is 7.26. The zero-order valence-electron chi connectivity index (χ0n) is 22.5. The summed E-state index contributed by atoms with van der Waals surface area (Å²) in [6.07, 6.45) is 8.40. The van der Waals surface area contributed by atoms with Crippen LogP contribution in [0.2, 0.25) is 0 Å². The van der Waals surface area contributed by atoms with Gasteiger partial charge in [-0.3, -0.25) is 9.59 Å². The summed E-state index contributed by atoms with van der Waals surface area (Å²) >= 11 is 0. The molecule has 6 heteroatoms. The monoisotopic (exact) mass is 521 g/mol. The minimum atomic E-state index is 0.0293. The lowest BCUT2D eigenvalue weighted by Gasteiger charge is -2.18. The molecule has 0 bridgehead atoms. The Labute approximate surface area is 230 Å². The number of hydrogen-bond donors (Lipinski definition) is 0. The number of likely N-dealkylation sites (N-methyl/N-ethyl adjacent to an activating group) is 1. The van der Waals surface area contributed by atoms with Crippen LogP contribution in [-0.2, 0) is 29.2 Å². The van der Waals surface area contributed by atoms with Crippen molar-refractivity contribution in [2.45, 2.75) is 32.4 Å². The van der Waals surface area contributed by atoms with Gasteiger partial charge in [-0.05, 0) is 54.7 Å². The highest BCUT2D eigenvalue weighted by Gasteiger charge is 2.17. The molecule has 5 rings (SSSR count). The predicted molar refractivity (Wildman–Crippen MR) is 155 cm³/mol. The average molecular weight is 522 g/mol. The highest BCUT2D eigenvalue weighted by Crippen LogP contribution is 2.28. The molecular weight excluding hydrogens is 486 g/mol. The van der Waals surface area contributed by atoms with Gasteiger partial charge in [-0.2, -0.15) is 0 Å². The van der Waals surface area contributed by atoms with Crippen molar-refractivity contribution < 1.29 is 14.3 Å². The van der Waals surface area contributed by atoms with E-state index < -0.39 is 0 Å². The van der Waals surface area contributed by atoms with Crippen molar-refractivity contribution >= 4 is 28.8 Å². The lowest BCUT2D eigenvalue weighted by Crippen LogP contribution is -2.31. The topological polar surface area (TPSA) is 54.8 Å². The Balaban J connectivity index is 1.35. The Morgan fingerprint density at radius 1 is 0.923 bits per heavy atom. The molecule has 4 aromatic rings. The van der Waals surface area contributed by atoms with Crippen LogP contribution in [0.3, 0.4) is 0 Å². The van der Waals surface area contributed by atoms with Crippen LogP contribution in [0.1, 0.15) is 29.5 Å². The molecule has 2 amide bonds. The van der Waals surface area contributed by atoms with E-state index in [9.17, 15) is 9.59 Å². The summed E-state index contributed by atoms with van der Waals surface area (Å²) in [6.45, 7) is 2.96. The maximum atomic E-state index is 13.2. The van der Waals surface area contributed by atoms with Crippen LogP contribution in [0.5, 0.6) is 5.75 Å². The fraction of sp³-hybridized carbons (Fsp3) is 0.273. The molecular formula is C33H35N3O3. The number of ether oxygens (including phenoxy) is 1. The summed E-state index contributed by atoms with van der Waals surface area (Å²) in [5.74, 6) is 0.813. The van der Waals surface area contributed by atoms with Crippen LogP contribution in [0, 0.1) is 0 Å². The number of hydrogen-bond acceptors (Lipinski definition) is 3. The van der Waals surface area contributed by atoms with E-state index in [1.807, 2.05) is 95.5 Å². The molecule has 1 fully saturated rings. The second kappa shape index (κ2) is 12.5. The van der Waals surface area contributed by atoms with Gasteiger partial charge in [0.25, 0.3) is 0 Å². The van der Waals surface area contributed by atoms with Crippen LogP contribution >= 0.6 is 0 Å². The van der Waals surface area contributed by atoms with Gasteiger partial charge >= 0.3 is 0 Å². The molecule has 0 aliphatic carbocycles. The molecule has 200 valence electrons. The average Bonchev–Trinajstić information content (AvgIpc) is 3.63. The van der Waals surface area contributed by atoms with E-state index in [2.05, 4.69) is 12.1 Å². The summed E-state index contributed by atoms with van der Waals surface area (Å²) in [5, 5.41) is 0.950. The lowest BCUT2D eigenvalue weighted by atomic mass is 10.1. The molecule has 2 heterocycles. The van der Waals surface area contributed by atoms with Gasteiger partial charge in [0.15, 0.2) is 0 Å². The largest absolute Gasteiger partial charge is 0.489 e. The first-order chi connectivity index (χ1) is 19.1. The molecule has 39 heavy (non-hydrogen) atoms. The maximum absolute atomic E-state index is 13.2. The number of nitrogens with zero attached hydrogens (tertiary/aromatic N) is 3. The van der Waals surface area contributed by atoms with Crippen molar-refractivity contribution in [1.82, 2.24) is 14.4 Å². The van der Waals surface area contributed by atoms with E-state index >= 15 is 0 Å². The van der Waals surface area contributed by atoms with Crippen molar-refractivity contribution in [3.05, 3.63) is 108 Å². The minimum absolute atomic E-state index is 0.0293. The van der Waals surface area contributed by atoms with Gasteiger partial charge in [0.05, 0.1) is 0 Å². The molecule has 0 unspecified atom stereocenters. The molecule has 0 saturated carbocycles. The van der Waals surface area contributed by atoms with Gasteiger partial charge < -0.3 is 19.1 Å². The molecule has 1 aromatic heterocycles. The summed E-state index contributed by atoms with van der Waals surface area (Å²) in [7, 11) is 1.85. The first kappa shape index (κ1) is 26.3. The number of fused-ring (bicyclic) bond motifs is 1. The molecule has 1 saturated heterocycles. The van der Waals surface area contributed by atoms with Gasteiger partial charge in [-0.1, -0.05) is 60.7 Å². The third kappa shape index (κ3) is 6.77. The maximum Gasteiger partial charge on any atom is 0.246 e. The minimum Gasteiger partial charge on any atom is -0.489 e. The fourth-order valence-corrected chi connectivity index (χ4v) is 4.93. The fourth-order valence-electron chi connectivity index (χ4n) is 4.93. The van der Waals surface area contributed by atoms with Crippen molar-refractivity contribution in [3.63, 3.8) is 0 Å². The van der Waals surface area contributed by atoms with Gasteiger partial charge in [-0.25, -0.2) is 0 Å². The molecule has 1 aliphatic rings. The Bertz CT molecular complexity index is 1440. The first-order valence-electron chi connectivity index (χ1n) is 13.6. The van der Waals surface area contributed by atoms with Crippen molar-refractivity contribution in [2.24, 2.45) is 0 Å². The Morgan fingerprint density at radius 3 is 2.33 bits per heavy atom. The lowest BCUT2D eigenvalue weighted by molar-refractivity contribution is -0.130. The number of rotatable bonds is 10. The quantitative estimate of drug-likeness (QED) is 0.257. The molecule has 6 nitrogen and oxygen atoms in total. The Morgan fingerprint density at radius 2 is 1.62 bits per heavy atom. The van der Waals surface area contributed by atoms with E-state index in [1.54, 1.807) is 11.0 Å². The Kier molecular flexibility index (Phi) is 8.42. The molecule has 0 spiro atoms. The highest BCUT2D eigenvalue weighted by atomic mass is 16.5. The van der Waals surface area contributed by atoms with Gasteiger partial charge in [0.1, 0.15) is 18.9 Å². The summed E-state index contributed by atoms with van der Waals surface area (Å²) in [4.78, 5) is 29.5. The molecule has 0 atom stereocenters. The van der Waals surface area contributed by atoms with Crippen molar-refractivity contribution in [2.75, 3.05) is 26.7 Å². The first-order valence-corrected chi connectivity index (χ1v) is 13.6. The second-order valence-electron chi connectivity index (χ2n) is 10.1. The van der Waals surface area contributed by atoms with Crippen molar-refractivity contribution in [1.29, 1.82) is 0 Å². The van der Waals surface area contributed by atoms with Crippen molar-refractivity contribution in [3.8, 4) is 5.75 Å². The number of benzene rings is 3. The van der Waals surface area contributed by atoms with Crippen LogP contribution in [-0.4, -0.2) is 52.9 Å². The zero-order chi connectivity index (χ0) is 27.0. The van der Waals surface area contributed by atoms with E-state index in [4.69, 9.17) is 4.74 Å². The molecule has 0 radical (unpaired) electrons. The van der Waals surface area contributed by atoms with E-state index in [1.165, 1.54) is 5.56 Å². The number of likely N-dealkylation sites (tertiary alicyclic amines) is 1. The molecule has 3 aromatic carbocycles. The summed E-state index contributed by atoms with van der Waals surface area (Å²) < 4.78 is 8.05. The summed E-state index contributed by atoms with van der Waals surface area (Å²) in [5.41, 5.74) is 4.12. The van der Waals surface area contributed by atoms with Gasteiger partial charge in [0.2, 0.25) is 11.8 Å². The van der Waals surface area contributed by atoms with Gasteiger partial charge in [-0.15, -0.1) is 0 Å². The zero-order valence-corrected chi connectivity index (χ0v) is 22.5. The van der Waals surface area contributed by atoms with E-state index in [-0.39, 0.29) is 18.4 Å². The van der Waals surface area contributed by atoms with Crippen LogP contribution in [0.25, 0.3) is 17.0 Å². The second-order valence-corrected chi connectivity index (χ2v) is 10.1. The summed E-state index contributed by atoms with van der Waals surface area (Å²) in [6, 6.07) is 26.2. The van der Waals surface area contributed by atoms with Crippen LogP contribution in [0.4, 0.5) is 0 Å². The number of carbonyl (C=O) groups excluding carboxylic acids is 2. The van der Waals surface area contributed by atoms with Crippen LogP contribution < -0.4 is 4.74 Å².